The summed E-state index contributed by atoms with van der Waals surface area (Å²) in [4.78, 5) is 39.5. The molecule has 0 saturated carbocycles. The van der Waals surface area contributed by atoms with Crippen LogP contribution in [0.15, 0.2) is 41.3 Å². The number of aryl methyl sites for hydroxylation is 1. The standard InChI is InChI=1S/C37H43ClF3N5O4/c1-21-22(2)36(49)44(3)18-26(21)24-15-29(38)27(33(16-24)50-4)19-45-12-11-28(37(40,41)20-45)23-9-13-46(14-10-23)32-7-5-25(17-30(32)39)42-31-6-8-34(47)43-35(31)48/h5,7,15-18,23,28,31,42H,6,8-14,19-20H2,1-4H3,(H,43,47,48)/t28-,31?/m0/s1. The van der Waals surface area contributed by atoms with Gasteiger partial charge in [0.15, 0.2) is 0 Å². The fourth-order valence-electron chi connectivity index (χ4n) is 7.76. The normalized spacial score (nSPS) is 21.6. The number of imide groups is 1. The van der Waals surface area contributed by atoms with Crippen molar-refractivity contribution in [3.63, 3.8) is 0 Å². The number of anilines is 2. The molecule has 0 spiro atoms. The Balaban J connectivity index is 1.07. The Bertz CT molecular complexity index is 1860. The second-order valence-corrected chi connectivity index (χ2v) is 14.3. The van der Waals surface area contributed by atoms with Gasteiger partial charge in [-0.2, -0.15) is 0 Å². The van der Waals surface area contributed by atoms with E-state index in [4.69, 9.17) is 16.3 Å². The van der Waals surface area contributed by atoms with Gasteiger partial charge in [0, 0.05) is 72.6 Å². The number of carbonyl (C=O) groups is 2. The van der Waals surface area contributed by atoms with Crippen LogP contribution in [0.3, 0.4) is 0 Å². The molecule has 4 heterocycles. The van der Waals surface area contributed by atoms with Gasteiger partial charge in [-0.1, -0.05) is 11.6 Å². The average Bonchev–Trinajstić information content (AvgIpc) is 3.07. The molecule has 2 aromatic carbocycles. The molecule has 6 rings (SSSR count). The van der Waals surface area contributed by atoms with Crippen molar-refractivity contribution in [2.45, 2.75) is 64.5 Å². The highest BCUT2D eigenvalue weighted by Crippen LogP contribution is 2.44. The van der Waals surface area contributed by atoms with Crippen LogP contribution in [-0.2, 0) is 23.2 Å². The summed E-state index contributed by atoms with van der Waals surface area (Å²) in [5.41, 5.74) is 4.51. The summed E-state index contributed by atoms with van der Waals surface area (Å²) in [5, 5.41) is 5.68. The number of hydrogen-bond acceptors (Lipinski definition) is 7. The molecule has 0 aliphatic carbocycles. The number of aromatic nitrogens is 1. The number of hydrogen-bond donors (Lipinski definition) is 2. The van der Waals surface area contributed by atoms with Crippen LogP contribution < -0.4 is 25.8 Å². The molecule has 13 heteroatoms. The van der Waals surface area contributed by atoms with E-state index in [0.29, 0.717) is 78.6 Å². The van der Waals surface area contributed by atoms with Crippen LogP contribution in [0.4, 0.5) is 24.5 Å². The van der Waals surface area contributed by atoms with Crippen LogP contribution in [0.5, 0.6) is 5.75 Å². The summed E-state index contributed by atoms with van der Waals surface area (Å²) in [5.74, 6) is -4.59. The Morgan fingerprint density at radius 3 is 2.42 bits per heavy atom. The fraction of sp³-hybridized carbons (Fsp3) is 0.486. The van der Waals surface area contributed by atoms with E-state index in [0.717, 1.165) is 16.7 Å². The molecule has 1 unspecified atom stereocenters. The van der Waals surface area contributed by atoms with E-state index in [9.17, 15) is 14.4 Å². The predicted molar refractivity (Wildman–Crippen MR) is 188 cm³/mol. The molecular formula is C37H43ClF3N5O4. The Hall–Kier alpha value is -4.03. The third-order valence-electron chi connectivity index (χ3n) is 10.7. The van der Waals surface area contributed by atoms with Crippen molar-refractivity contribution in [1.29, 1.82) is 0 Å². The number of alkyl halides is 2. The summed E-state index contributed by atoms with van der Waals surface area (Å²) in [7, 11) is 3.23. The maximum atomic E-state index is 15.8. The van der Waals surface area contributed by atoms with Crippen LogP contribution in [0.2, 0.25) is 5.02 Å². The number of piperidine rings is 3. The highest BCUT2D eigenvalue weighted by Gasteiger charge is 2.48. The van der Waals surface area contributed by atoms with Gasteiger partial charge in [0.2, 0.25) is 11.8 Å². The number of benzene rings is 2. The highest BCUT2D eigenvalue weighted by atomic mass is 35.5. The zero-order chi connectivity index (χ0) is 35.9. The Kier molecular flexibility index (Phi) is 10.2. The SMILES string of the molecule is COc1cc(-c2cn(C)c(=O)c(C)c2C)cc(Cl)c1CN1CC[C@@H](C2CCN(c3ccc(NC4CCC(=O)NC4=O)cc3F)CC2)C(F)(F)C1. The second-order valence-electron chi connectivity index (χ2n) is 13.9. The number of rotatable bonds is 8. The Labute approximate surface area is 294 Å². The van der Waals surface area contributed by atoms with Gasteiger partial charge >= 0.3 is 0 Å². The second kappa shape index (κ2) is 14.3. The van der Waals surface area contributed by atoms with E-state index >= 15 is 13.2 Å². The maximum absolute atomic E-state index is 15.8. The van der Waals surface area contributed by atoms with Gasteiger partial charge in [-0.15, -0.1) is 0 Å². The molecule has 3 aliphatic rings. The Morgan fingerprint density at radius 2 is 1.76 bits per heavy atom. The van der Waals surface area contributed by atoms with Crippen LogP contribution >= 0.6 is 11.6 Å². The zero-order valence-electron chi connectivity index (χ0n) is 28.8. The monoisotopic (exact) mass is 713 g/mol. The van der Waals surface area contributed by atoms with E-state index in [2.05, 4.69) is 10.6 Å². The van der Waals surface area contributed by atoms with Gasteiger partial charge in [-0.05, 0) is 93.5 Å². The summed E-state index contributed by atoms with van der Waals surface area (Å²) in [6, 6.07) is 7.70. The van der Waals surface area contributed by atoms with Crippen LogP contribution in [0, 0.1) is 31.5 Å². The van der Waals surface area contributed by atoms with Crippen molar-refractivity contribution >= 4 is 34.8 Å². The number of methoxy groups -OCH3 is 1. The number of ether oxygens (including phenoxy) is 1. The van der Waals surface area contributed by atoms with Crippen molar-refractivity contribution in [3.8, 4) is 16.9 Å². The number of pyridine rings is 1. The molecule has 0 bridgehead atoms. The number of likely N-dealkylation sites (tertiary alicyclic amines) is 1. The first kappa shape index (κ1) is 35.8. The van der Waals surface area contributed by atoms with Gasteiger partial charge < -0.3 is 19.5 Å². The number of halogens is 4. The number of nitrogens with one attached hydrogen (secondary N) is 2. The molecule has 2 atom stereocenters. The minimum atomic E-state index is -2.91. The largest absolute Gasteiger partial charge is 0.496 e. The predicted octanol–water partition coefficient (Wildman–Crippen LogP) is 6.06. The highest BCUT2D eigenvalue weighted by molar-refractivity contribution is 6.32. The summed E-state index contributed by atoms with van der Waals surface area (Å²) in [6.07, 6.45) is 3.71. The van der Waals surface area contributed by atoms with Crippen LogP contribution in [0.25, 0.3) is 11.1 Å². The van der Waals surface area contributed by atoms with Crippen molar-refractivity contribution in [2.24, 2.45) is 18.9 Å². The fourth-order valence-corrected chi connectivity index (χ4v) is 8.03. The first-order valence-electron chi connectivity index (χ1n) is 17.0. The molecule has 0 radical (unpaired) electrons. The molecule has 2 N–H and O–H groups in total. The number of carbonyl (C=O) groups excluding carboxylic acids is 2. The smallest absolute Gasteiger partial charge is 0.263 e. The molecule has 3 saturated heterocycles. The van der Waals surface area contributed by atoms with E-state index in [1.165, 1.54) is 17.7 Å². The summed E-state index contributed by atoms with van der Waals surface area (Å²) in [6.45, 7) is 4.90. The lowest BCUT2D eigenvalue weighted by molar-refractivity contribution is -0.134. The minimum absolute atomic E-state index is 0.0717. The van der Waals surface area contributed by atoms with Crippen molar-refractivity contribution in [3.05, 3.63) is 74.4 Å². The lowest BCUT2D eigenvalue weighted by Crippen LogP contribution is -2.52. The molecule has 50 heavy (non-hydrogen) atoms. The lowest BCUT2D eigenvalue weighted by atomic mass is 9.76. The third-order valence-corrected chi connectivity index (χ3v) is 11.0. The molecule has 268 valence electrons. The van der Waals surface area contributed by atoms with Crippen molar-refractivity contribution < 1.29 is 27.5 Å². The molecule has 2 amide bonds. The molecule has 3 aliphatic heterocycles. The van der Waals surface area contributed by atoms with E-state index in [1.807, 2.05) is 17.9 Å². The van der Waals surface area contributed by atoms with E-state index in [1.54, 1.807) is 43.3 Å². The molecule has 3 fully saturated rings. The van der Waals surface area contributed by atoms with Crippen LogP contribution in [0.1, 0.15) is 48.8 Å². The summed E-state index contributed by atoms with van der Waals surface area (Å²) >= 11 is 6.78. The quantitative estimate of drug-likeness (QED) is 0.274. The lowest BCUT2D eigenvalue weighted by Gasteiger charge is -2.45. The van der Waals surface area contributed by atoms with Gasteiger partial charge in [0.05, 0.1) is 19.3 Å². The number of nitrogens with zero attached hydrogens (tertiary/aromatic N) is 3. The van der Waals surface area contributed by atoms with Crippen molar-refractivity contribution in [1.82, 2.24) is 14.8 Å². The van der Waals surface area contributed by atoms with Gasteiger partial charge in [0.25, 0.3) is 11.5 Å². The summed E-state index contributed by atoms with van der Waals surface area (Å²) < 4.78 is 54.1. The van der Waals surface area contributed by atoms with E-state index in [-0.39, 0.29) is 30.3 Å². The maximum Gasteiger partial charge on any atom is 0.263 e. The molecule has 3 aromatic rings. The third kappa shape index (κ3) is 7.23. The number of amides is 2. The first-order chi connectivity index (χ1) is 23.7. The van der Waals surface area contributed by atoms with Gasteiger partial charge in [-0.3, -0.25) is 24.6 Å². The van der Waals surface area contributed by atoms with E-state index < -0.39 is 36.2 Å². The first-order valence-corrected chi connectivity index (χ1v) is 17.4. The molecular weight excluding hydrogens is 671 g/mol. The van der Waals surface area contributed by atoms with Gasteiger partial charge in [0.1, 0.15) is 17.6 Å². The molecule has 1 aromatic heterocycles. The minimum Gasteiger partial charge on any atom is -0.496 e. The molecule has 9 nitrogen and oxygen atoms in total. The van der Waals surface area contributed by atoms with Crippen LogP contribution in [-0.4, -0.2) is 66.5 Å². The Morgan fingerprint density at radius 1 is 1.02 bits per heavy atom. The average molecular weight is 714 g/mol. The van der Waals surface area contributed by atoms with Crippen molar-refractivity contribution in [2.75, 3.05) is 43.5 Å². The zero-order valence-corrected chi connectivity index (χ0v) is 29.5. The topological polar surface area (TPSA) is 95.9 Å². The van der Waals surface area contributed by atoms with Gasteiger partial charge in [-0.25, -0.2) is 13.2 Å².